The molecular weight excluding hydrogens is 254 g/mol. The van der Waals surface area contributed by atoms with Gasteiger partial charge in [0.25, 0.3) is 0 Å². The lowest BCUT2D eigenvalue weighted by Gasteiger charge is -2.32. The van der Waals surface area contributed by atoms with Gasteiger partial charge in [0.05, 0.1) is 5.69 Å². The Morgan fingerprint density at radius 1 is 1.35 bits per heavy atom. The Kier molecular flexibility index (Phi) is 5.55. The minimum atomic E-state index is 0.0338. The summed E-state index contributed by atoms with van der Waals surface area (Å²) in [5.41, 5.74) is 0.938. The maximum atomic E-state index is 11.7. The van der Waals surface area contributed by atoms with Crippen LogP contribution in [0.1, 0.15) is 12.1 Å². The Morgan fingerprint density at radius 2 is 2.10 bits per heavy atom. The second kappa shape index (κ2) is 7.40. The monoisotopic (exact) mass is 279 g/mol. The number of hydrogen-bond acceptors (Lipinski definition) is 4. The number of aryl methyl sites for hydroxylation is 1. The van der Waals surface area contributed by atoms with Gasteiger partial charge in [-0.15, -0.1) is 0 Å². The van der Waals surface area contributed by atoms with E-state index < -0.39 is 0 Å². The third-order valence-electron chi connectivity index (χ3n) is 3.65. The molecule has 0 unspecified atom stereocenters. The molecule has 6 nitrogen and oxygen atoms in total. The third kappa shape index (κ3) is 4.94. The maximum absolute atomic E-state index is 11.7. The zero-order valence-electron chi connectivity index (χ0n) is 12.5. The van der Waals surface area contributed by atoms with Crippen LogP contribution in [0.4, 0.5) is 0 Å². The normalized spacial score (nSPS) is 17.3. The van der Waals surface area contributed by atoms with Gasteiger partial charge in [-0.3, -0.25) is 9.48 Å². The fraction of sp³-hybridized carbons (Fsp3) is 0.714. The van der Waals surface area contributed by atoms with E-state index in [1.807, 2.05) is 19.2 Å². The van der Waals surface area contributed by atoms with Crippen LogP contribution in [0.3, 0.4) is 0 Å². The van der Waals surface area contributed by atoms with Crippen LogP contribution >= 0.6 is 0 Å². The molecule has 1 aliphatic rings. The lowest BCUT2D eigenvalue weighted by atomic mass is 10.3. The van der Waals surface area contributed by atoms with Crippen molar-refractivity contribution in [1.29, 1.82) is 0 Å². The highest BCUT2D eigenvalue weighted by atomic mass is 16.2. The molecule has 0 bridgehead atoms. The van der Waals surface area contributed by atoms with E-state index in [2.05, 4.69) is 27.3 Å². The van der Waals surface area contributed by atoms with Crippen molar-refractivity contribution in [3.05, 3.63) is 18.0 Å². The van der Waals surface area contributed by atoms with E-state index in [-0.39, 0.29) is 5.91 Å². The van der Waals surface area contributed by atoms with Crippen molar-refractivity contribution < 1.29 is 4.79 Å². The Hall–Kier alpha value is -1.40. The average Bonchev–Trinajstić information content (AvgIpc) is 2.82. The third-order valence-corrected chi connectivity index (χ3v) is 3.65. The molecular formula is C14H25N5O. The van der Waals surface area contributed by atoms with Gasteiger partial charge in [0, 0.05) is 38.9 Å². The van der Waals surface area contributed by atoms with Crippen LogP contribution in [0.15, 0.2) is 12.3 Å². The molecule has 0 saturated carbocycles. The number of rotatable bonds is 6. The highest BCUT2D eigenvalue weighted by molar-refractivity contribution is 5.75. The van der Waals surface area contributed by atoms with Gasteiger partial charge in [0.15, 0.2) is 0 Å². The highest BCUT2D eigenvalue weighted by Crippen LogP contribution is 1.99. The first-order valence-corrected chi connectivity index (χ1v) is 7.31. The number of nitrogens with one attached hydrogen (secondary N) is 1. The molecule has 112 valence electrons. The zero-order chi connectivity index (χ0) is 14.4. The fourth-order valence-electron chi connectivity index (χ4n) is 2.36. The predicted molar refractivity (Wildman–Crippen MR) is 78.5 cm³/mol. The van der Waals surface area contributed by atoms with Crippen molar-refractivity contribution in [3.63, 3.8) is 0 Å². The summed E-state index contributed by atoms with van der Waals surface area (Å²) in [5.74, 6) is 0.0338. The molecule has 1 fully saturated rings. The number of likely N-dealkylation sites (N-methyl/N-ethyl adjacent to an activating group) is 1. The number of amides is 1. The van der Waals surface area contributed by atoms with Gasteiger partial charge >= 0.3 is 0 Å². The lowest BCUT2D eigenvalue weighted by Crippen LogP contribution is -2.45. The van der Waals surface area contributed by atoms with E-state index in [1.165, 1.54) is 0 Å². The second-order valence-corrected chi connectivity index (χ2v) is 5.50. The largest absolute Gasteiger partial charge is 0.354 e. The van der Waals surface area contributed by atoms with Crippen LogP contribution in [0, 0.1) is 6.92 Å². The molecule has 0 atom stereocenters. The highest BCUT2D eigenvalue weighted by Gasteiger charge is 2.12. The first kappa shape index (κ1) is 15.0. The van der Waals surface area contributed by atoms with Gasteiger partial charge in [-0.1, -0.05) is 0 Å². The molecule has 1 amide bonds. The number of nitrogens with zero attached hydrogens (tertiary/aromatic N) is 4. The van der Waals surface area contributed by atoms with E-state index in [0.29, 0.717) is 6.54 Å². The summed E-state index contributed by atoms with van der Waals surface area (Å²) >= 11 is 0. The van der Waals surface area contributed by atoms with Gasteiger partial charge in [-0.05, 0) is 33.0 Å². The molecule has 6 heteroatoms. The number of carbonyl (C=O) groups excluding carboxylic acids is 1. The maximum Gasteiger partial charge on any atom is 0.241 e. The minimum absolute atomic E-state index is 0.0338. The van der Waals surface area contributed by atoms with E-state index in [9.17, 15) is 4.79 Å². The fourth-order valence-corrected chi connectivity index (χ4v) is 2.36. The average molecular weight is 279 g/mol. The number of aromatic nitrogens is 2. The van der Waals surface area contributed by atoms with E-state index in [0.717, 1.165) is 51.4 Å². The first-order chi connectivity index (χ1) is 9.63. The SMILES string of the molecule is Cc1ccn(CC(=O)NCCCN2CCN(C)CC2)n1. The molecule has 0 radical (unpaired) electrons. The van der Waals surface area contributed by atoms with Gasteiger partial charge in [0.2, 0.25) is 5.91 Å². The Morgan fingerprint density at radius 3 is 2.75 bits per heavy atom. The van der Waals surface area contributed by atoms with Crippen LogP contribution in [0.25, 0.3) is 0 Å². The number of piperazine rings is 1. The van der Waals surface area contributed by atoms with Crippen LogP contribution in [-0.2, 0) is 11.3 Å². The standard InChI is InChI=1S/C14H25N5O/c1-13-4-7-19(16-13)12-14(20)15-5-3-6-18-10-8-17(2)9-11-18/h4,7H,3,5-6,8-12H2,1-2H3,(H,15,20). The van der Waals surface area contributed by atoms with Gasteiger partial charge < -0.3 is 15.1 Å². The van der Waals surface area contributed by atoms with Crippen LogP contribution < -0.4 is 5.32 Å². The quantitative estimate of drug-likeness (QED) is 0.742. The molecule has 20 heavy (non-hydrogen) atoms. The molecule has 1 aromatic rings. The molecule has 0 aromatic carbocycles. The summed E-state index contributed by atoms with van der Waals surface area (Å²) in [6.45, 7) is 8.59. The summed E-state index contributed by atoms with van der Waals surface area (Å²) < 4.78 is 1.67. The summed E-state index contributed by atoms with van der Waals surface area (Å²) in [6.07, 6.45) is 2.84. The van der Waals surface area contributed by atoms with Crippen molar-refractivity contribution in [2.75, 3.05) is 46.3 Å². The van der Waals surface area contributed by atoms with E-state index >= 15 is 0 Å². The Balaban J connectivity index is 1.55. The molecule has 1 aliphatic heterocycles. The van der Waals surface area contributed by atoms with E-state index in [1.54, 1.807) is 4.68 Å². The molecule has 2 heterocycles. The van der Waals surface area contributed by atoms with Crippen molar-refractivity contribution in [2.45, 2.75) is 19.9 Å². The van der Waals surface area contributed by atoms with Crippen LogP contribution in [0.2, 0.25) is 0 Å². The zero-order valence-corrected chi connectivity index (χ0v) is 12.5. The Bertz CT molecular complexity index is 423. The topological polar surface area (TPSA) is 53.4 Å². The minimum Gasteiger partial charge on any atom is -0.354 e. The smallest absolute Gasteiger partial charge is 0.241 e. The molecule has 2 rings (SSSR count). The predicted octanol–water partition coefficient (Wildman–Crippen LogP) is -0.0548. The van der Waals surface area contributed by atoms with Gasteiger partial charge in [-0.2, -0.15) is 5.10 Å². The van der Waals surface area contributed by atoms with Crippen molar-refractivity contribution in [3.8, 4) is 0 Å². The lowest BCUT2D eigenvalue weighted by molar-refractivity contribution is -0.121. The molecule has 0 aliphatic carbocycles. The molecule has 1 saturated heterocycles. The summed E-state index contributed by atoms with van der Waals surface area (Å²) in [5, 5.41) is 7.15. The molecule has 0 spiro atoms. The van der Waals surface area contributed by atoms with Gasteiger partial charge in [0.1, 0.15) is 6.54 Å². The second-order valence-electron chi connectivity index (χ2n) is 5.50. The first-order valence-electron chi connectivity index (χ1n) is 7.31. The van der Waals surface area contributed by atoms with Crippen molar-refractivity contribution >= 4 is 5.91 Å². The summed E-state index contributed by atoms with van der Waals surface area (Å²) in [6, 6.07) is 1.90. The van der Waals surface area contributed by atoms with Crippen molar-refractivity contribution in [1.82, 2.24) is 24.9 Å². The van der Waals surface area contributed by atoms with Crippen LogP contribution in [0.5, 0.6) is 0 Å². The van der Waals surface area contributed by atoms with Gasteiger partial charge in [-0.25, -0.2) is 0 Å². The van der Waals surface area contributed by atoms with Crippen molar-refractivity contribution in [2.24, 2.45) is 0 Å². The number of carbonyl (C=O) groups is 1. The molecule has 1 N–H and O–H groups in total. The summed E-state index contributed by atoms with van der Waals surface area (Å²) in [4.78, 5) is 16.5. The molecule has 1 aromatic heterocycles. The summed E-state index contributed by atoms with van der Waals surface area (Å²) in [7, 11) is 2.16. The van der Waals surface area contributed by atoms with Crippen LogP contribution in [-0.4, -0.2) is 71.8 Å². The van der Waals surface area contributed by atoms with E-state index in [4.69, 9.17) is 0 Å². The number of hydrogen-bond donors (Lipinski definition) is 1. The Labute approximate surface area is 120 Å².